The van der Waals surface area contributed by atoms with E-state index in [1.165, 1.54) is 4.90 Å². The van der Waals surface area contributed by atoms with Crippen LogP contribution < -0.4 is 16.4 Å². The van der Waals surface area contributed by atoms with Gasteiger partial charge in [-0.2, -0.15) is 0 Å². The average Bonchev–Trinajstić information content (AvgIpc) is 3.99. The van der Waals surface area contributed by atoms with Crippen LogP contribution >= 0.6 is 0 Å². The lowest BCUT2D eigenvalue weighted by Crippen LogP contribution is -2.62. The smallest absolute Gasteiger partial charge is 0.351 e. The van der Waals surface area contributed by atoms with Crippen molar-refractivity contribution in [1.29, 1.82) is 0 Å². The zero-order valence-electron chi connectivity index (χ0n) is 42.2. The molecule has 0 saturated carbocycles. The third kappa shape index (κ3) is 13.1. The molecule has 2 saturated heterocycles. The Morgan fingerprint density at radius 1 is 0.958 bits per heavy atom. The molecule has 0 aliphatic carbocycles. The van der Waals surface area contributed by atoms with E-state index in [2.05, 4.69) is 17.6 Å². The molecule has 2 unspecified atom stereocenters. The number of nitrogens with zero attached hydrogens (tertiary/aromatic N) is 4. The average molecular weight is 992 g/mol. The van der Waals surface area contributed by atoms with Crippen molar-refractivity contribution in [2.45, 2.75) is 109 Å². The van der Waals surface area contributed by atoms with Gasteiger partial charge in [0.15, 0.2) is 0 Å². The Labute approximate surface area is 415 Å². The first kappa shape index (κ1) is 54.8. The molecule has 2 aromatic rings. The fourth-order valence-corrected chi connectivity index (χ4v) is 9.79. The minimum Gasteiger partial charge on any atom is -0.466 e. The van der Waals surface area contributed by atoms with Gasteiger partial charge in [-0.1, -0.05) is 45.9 Å². The quantitative estimate of drug-likeness (QED) is 0.0660. The zero-order chi connectivity index (χ0) is 51.2. The number of nitrogens with one attached hydrogen (secondary N) is 2. The summed E-state index contributed by atoms with van der Waals surface area (Å²) >= 11 is 0. The van der Waals surface area contributed by atoms with Gasteiger partial charge in [-0.15, -0.1) is 0 Å². The summed E-state index contributed by atoms with van der Waals surface area (Å²) in [5.74, 6) is -6.84. The van der Waals surface area contributed by atoms with Crippen molar-refractivity contribution in [2.75, 3.05) is 86.6 Å². The molecule has 0 bridgehead atoms. The molecular weight excluding hydrogens is 919 g/mol. The van der Waals surface area contributed by atoms with E-state index >= 15 is 0 Å². The lowest BCUT2D eigenvalue weighted by molar-refractivity contribution is -0.206. The Kier molecular flexibility index (Phi) is 19.8. The SMILES string of the molecule is CCc1c2c(nc3ccccc13)C1=CC3C(COC(=O)[C@@]3(CC)OC(=O)[C@@H](NC(=O)[C@@H]3CCCN3C(=O)[C@H](CC(=O)OCCCCN(C)C)NC(=O)CCOCCOCCOCCN)C(C)C)C(=O)N1C2. The van der Waals surface area contributed by atoms with Crippen molar-refractivity contribution in [2.24, 2.45) is 23.5 Å². The Balaban J connectivity index is 1.14. The monoisotopic (exact) mass is 992 g/mol. The Morgan fingerprint density at radius 2 is 1.68 bits per heavy atom. The number of amides is 4. The maximum Gasteiger partial charge on any atom is 0.351 e. The number of likely N-dealkylation sites (tertiary alicyclic amines) is 1. The van der Waals surface area contributed by atoms with Crippen LogP contribution in [0.25, 0.3) is 16.6 Å². The number of hydrogen-bond acceptors (Lipinski definition) is 16. The normalized spacial score (nSPS) is 21.3. The van der Waals surface area contributed by atoms with Crippen molar-refractivity contribution in [3.05, 3.63) is 47.2 Å². The molecule has 4 aliphatic heterocycles. The van der Waals surface area contributed by atoms with Crippen LogP contribution in [0.4, 0.5) is 0 Å². The number of rotatable bonds is 27. The predicted octanol–water partition coefficient (Wildman–Crippen LogP) is 2.27. The topological polar surface area (TPSA) is 248 Å². The fraction of sp³-hybridized carbons (Fsp3) is 0.647. The highest BCUT2D eigenvalue weighted by molar-refractivity contribution is 5.99. The number of hydrogen-bond donors (Lipinski definition) is 3. The van der Waals surface area contributed by atoms with Gasteiger partial charge in [0.1, 0.15) is 24.7 Å². The van der Waals surface area contributed by atoms with Gasteiger partial charge in [0, 0.05) is 36.4 Å². The van der Waals surface area contributed by atoms with Gasteiger partial charge in [-0.3, -0.25) is 24.0 Å². The van der Waals surface area contributed by atoms with E-state index < -0.39 is 83.5 Å². The van der Waals surface area contributed by atoms with Gasteiger partial charge in [0.2, 0.25) is 29.2 Å². The Bertz CT molecular complexity index is 2270. The van der Waals surface area contributed by atoms with Gasteiger partial charge in [0.05, 0.1) is 82.0 Å². The molecule has 4 amide bonds. The van der Waals surface area contributed by atoms with Crippen LogP contribution in [0, 0.1) is 17.8 Å². The van der Waals surface area contributed by atoms with Gasteiger partial charge >= 0.3 is 17.9 Å². The van der Waals surface area contributed by atoms with E-state index in [1.54, 1.807) is 25.7 Å². The molecular formula is C51H73N7O13. The molecule has 0 spiro atoms. The minimum atomic E-state index is -1.92. The van der Waals surface area contributed by atoms with E-state index in [-0.39, 0.29) is 64.7 Å². The fourth-order valence-electron chi connectivity index (χ4n) is 9.79. The third-order valence-corrected chi connectivity index (χ3v) is 13.6. The van der Waals surface area contributed by atoms with Crippen LogP contribution in [-0.4, -0.2) is 172 Å². The maximum atomic E-state index is 14.5. The number of nitrogens with two attached hydrogens (primary N) is 1. The summed E-state index contributed by atoms with van der Waals surface area (Å²) in [7, 11) is 3.88. The lowest BCUT2D eigenvalue weighted by atomic mass is 9.72. The third-order valence-electron chi connectivity index (χ3n) is 13.6. The summed E-state index contributed by atoms with van der Waals surface area (Å²) in [6, 6.07) is 4.08. The molecule has 71 heavy (non-hydrogen) atoms. The van der Waals surface area contributed by atoms with Crippen molar-refractivity contribution in [3.8, 4) is 0 Å². The zero-order valence-corrected chi connectivity index (χ0v) is 42.2. The molecule has 4 aliphatic rings. The number of carbonyl (C=O) groups excluding carboxylic acids is 7. The first-order valence-corrected chi connectivity index (χ1v) is 25.1. The van der Waals surface area contributed by atoms with E-state index in [0.29, 0.717) is 63.6 Å². The molecule has 20 nitrogen and oxygen atoms in total. The number of esters is 3. The number of carbonyl (C=O) groups is 7. The molecule has 6 atom stereocenters. The maximum absolute atomic E-state index is 14.5. The first-order chi connectivity index (χ1) is 34.1. The summed E-state index contributed by atoms with van der Waals surface area (Å²) in [5.41, 5.74) is 7.48. The van der Waals surface area contributed by atoms with Crippen LogP contribution in [-0.2, 0) is 74.9 Å². The van der Waals surface area contributed by atoms with Gasteiger partial charge < -0.3 is 59.5 Å². The second kappa shape index (κ2) is 25.7. The number of para-hydroxylation sites is 1. The highest BCUT2D eigenvalue weighted by atomic mass is 16.6. The van der Waals surface area contributed by atoms with E-state index in [0.717, 1.165) is 35.0 Å². The van der Waals surface area contributed by atoms with Crippen molar-refractivity contribution in [1.82, 2.24) is 30.3 Å². The lowest BCUT2D eigenvalue weighted by Gasteiger charge is -2.46. The number of ether oxygens (including phenoxy) is 6. The number of unbranched alkanes of at least 4 members (excludes halogenated alkanes) is 1. The summed E-state index contributed by atoms with van der Waals surface area (Å²) in [5, 5.41) is 6.47. The summed E-state index contributed by atoms with van der Waals surface area (Å²) in [6.45, 7) is 10.5. The second-order valence-electron chi connectivity index (χ2n) is 19.0. The number of cyclic esters (lactones) is 1. The molecule has 4 N–H and O–H groups in total. The van der Waals surface area contributed by atoms with Crippen LogP contribution in [0.15, 0.2) is 30.3 Å². The number of fused-ring (bicyclic) bond motifs is 5. The van der Waals surface area contributed by atoms with Crippen molar-refractivity contribution in [3.63, 3.8) is 0 Å². The predicted molar refractivity (Wildman–Crippen MR) is 260 cm³/mol. The molecule has 0 radical (unpaired) electrons. The highest BCUT2D eigenvalue weighted by Gasteiger charge is 2.60. The van der Waals surface area contributed by atoms with Crippen LogP contribution in [0.5, 0.6) is 0 Å². The molecule has 390 valence electrons. The Morgan fingerprint density at radius 3 is 2.37 bits per heavy atom. The standard InChI is InChI=1S/C51H73N7O13/c1-7-33-34-14-9-10-15-38(34)54-45-35(33)30-58-41(45)28-37-36(47(58)62)31-70-50(65)51(37,8-2)71-49(64)44(32(3)4)55-46(61)40-16-13-20-57(40)48(63)39(29-43(60)69-21-12-11-19-56(5)6)53-42(59)17-22-66-24-26-68-27-25-67-23-18-52/h9-10,14-15,28,32,36-37,39-40,44H,7-8,11-13,16-27,29-31,52H2,1-6H3,(H,53,59)(H,55,61)/t36?,37?,39-,40-,44-,51-/m0/s1. The molecule has 2 fully saturated rings. The van der Waals surface area contributed by atoms with Crippen LogP contribution in [0.2, 0.25) is 0 Å². The largest absolute Gasteiger partial charge is 0.466 e. The van der Waals surface area contributed by atoms with Crippen LogP contribution in [0.1, 0.15) is 89.5 Å². The molecule has 5 heterocycles. The van der Waals surface area contributed by atoms with E-state index in [4.69, 9.17) is 39.1 Å². The second-order valence-corrected chi connectivity index (χ2v) is 19.0. The number of aryl methyl sites for hydroxylation is 1. The van der Waals surface area contributed by atoms with Gasteiger partial charge in [-0.25, -0.2) is 14.6 Å². The van der Waals surface area contributed by atoms with E-state index in [1.807, 2.05) is 49.3 Å². The number of pyridine rings is 1. The van der Waals surface area contributed by atoms with Gasteiger partial charge in [-0.05, 0) is 82.8 Å². The molecule has 20 heteroatoms. The van der Waals surface area contributed by atoms with E-state index in [9.17, 15) is 33.6 Å². The van der Waals surface area contributed by atoms with Gasteiger partial charge in [0.25, 0.3) is 0 Å². The summed E-state index contributed by atoms with van der Waals surface area (Å²) in [6.07, 6.45) is 3.95. The van der Waals surface area contributed by atoms with Crippen molar-refractivity contribution < 1.29 is 62.0 Å². The highest BCUT2D eigenvalue weighted by Crippen LogP contribution is 2.48. The minimum absolute atomic E-state index is 0.0184. The van der Waals surface area contributed by atoms with Crippen molar-refractivity contribution >= 4 is 58.1 Å². The van der Waals surface area contributed by atoms with Crippen LogP contribution in [0.3, 0.4) is 0 Å². The Hall–Kier alpha value is -5.54. The molecule has 1 aromatic heterocycles. The molecule has 1 aromatic carbocycles. The number of aromatic nitrogens is 1. The number of benzene rings is 1. The first-order valence-electron chi connectivity index (χ1n) is 25.1. The summed E-state index contributed by atoms with van der Waals surface area (Å²) < 4.78 is 33.6. The summed E-state index contributed by atoms with van der Waals surface area (Å²) in [4.78, 5) is 108. The molecule has 6 rings (SSSR count).